The van der Waals surface area contributed by atoms with Gasteiger partial charge in [-0.15, -0.1) is 0 Å². The number of aromatic amines is 1. The average Bonchev–Trinajstić information content (AvgIpc) is 2.93. The minimum absolute atomic E-state index is 0.0394. The van der Waals surface area contributed by atoms with Gasteiger partial charge in [-0.1, -0.05) is 0 Å². The second-order valence-corrected chi connectivity index (χ2v) is 7.13. The lowest BCUT2D eigenvalue weighted by molar-refractivity contribution is 0.0520. The molecule has 1 atom stereocenters. The van der Waals surface area contributed by atoms with Crippen molar-refractivity contribution in [2.45, 2.75) is 39.2 Å². The quantitative estimate of drug-likeness (QED) is 0.832. The van der Waals surface area contributed by atoms with Crippen LogP contribution in [0.3, 0.4) is 0 Å². The van der Waals surface area contributed by atoms with E-state index in [-0.39, 0.29) is 23.9 Å². The first kappa shape index (κ1) is 17.6. The molecule has 8 nitrogen and oxygen atoms in total. The van der Waals surface area contributed by atoms with E-state index in [0.29, 0.717) is 16.7 Å². The molecule has 1 saturated carbocycles. The number of methoxy groups -OCH3 is 1. The number of esters is 1. The summed E-state index contributed by atoms with van der Waals surface area (Å²) in [4.78, 5) is 27.4. The van der Waals surface area contributed by atoms with Crippen molar-refractivity contribution in [2.24, 2.45) is 0 Å². The number of aromatic nitrogens is 3. The molecule has 1 fully saturated rings. The van der Waals surface area contributed by atoms with Gasteiger partial charge < -0.3 is 18.9 Å². The van der Waals surface area contributed by atoms with Crippen molar-refractivity contribution < 1.29 is 14.3 Å². The van der Waals surface area contributed by atoms with Crippen molar-refractivity contribution in [1.29, 1.82) is 0 Å². The monoisotopic (exact) mass is 372 g/mol. The van der Waals surface area contributed by atoms with Gasteiger partial charge in [0.25, 0.3) is 5.56 Å². The Kier molecular flexibility index (Phi) is 4.20. The van der Waals surface area contributed by atoms with Crippen LogP contribution in [0.4, 0.5) is 0 Å². The summed E-state index contributed by atoms with van der Waals surface area (Å²) in [6.45, 7) is 4.82. The number of nitrogens with one attached hydrogen (secondary N) is 1. The van der Waals surface area contributed by atoms with Crippen molar-refractivity contribution in [2.75, 3.05) is 27.3 Å². The summed E-state index contributed by atoms with van der Waals surface area (Å²) in [6.07, 6.45) is 3.25. The number of hydrogen-bond donors (Lipinski definition) is 1. The van der Waals surface area contributed by atoms with Crippen LogP contribution in [0.5, 0.6) is 5.75 Å². The Bertz CT molecular complexity index is 1010. The number of allylic oxidation sites excluding steroid dienone is 1. The number of ether oxygens (including phenoxy) is 2. The molecule has 0 radical (unpaired) electrons. The fraction of sp³-hybridized carbons (Fsp3) is 0.526. The molecule has 2 aromatic heterocycles. The molecule has 8 heteroatoms. The molecule has 0 bridgehead atoms. The number of hydrogen-bond acceptors (Lipinski definition) is 6. The number of fused-ring (bicyclic) bond motifs is 3. The maximum atomic E-state index is 12.7. The topological polar surface area (TPSA) is 89.5 Å². The highest BCUT2D eigenvalue weighted by atomic mass is 16.5. The first-order valence-corrected chi connectivity index (χ1v) is 9.30. The van der Waals surface area contributed by atoms with Gasteiger partial charge in [0.1, 0.15) is 11.1 Å². The number of carbonyl (C=O) groups is 1. The van der Waals surface area contributed by atoms with Gasteiger partial charge in [0.2, 0.25) is 0 Å². The summed E-state index contributed by atoms with van der Waals surface area (Å²) >= 11 is 0. The van der Waals surface area contributed by atoms with Crippen LogP contribution in [0, 0.1) is 0 Å². The predicted molar refractivity (Wildman–Crippen MR) is 101 cm³/mol. The molecule has 0 amide bonds. The Labute approximate surface area is 156 Å². The van der Waals surface area contributed by atoms with E-state index in [4.69, 9.17) is 9.47 Å². The molecular formula is C19H24N4O4. The molecule has 144 valence electrons. The van der Waals surface area contributed by atoms with Crippen molar-refractivity contribution in [3.8, 4) is 5.75 Å². The Morgan fingerprint density at radius 3 is 2.70 bits per heavy atom. The Morgan fingerprint density at radius 1 is 1.37 bits per heavy atom. The van der Waals surface area contributed by atoms with Gasteiger partial charge in [0.15, 0.2) is 11.4 Å². The lowest BCUT2D eigenvalue weighted by Gasteiger charge is -2.38. The van der Waals surface area contributed by atoms with Crippen LogP contribution in [0.2, 0.25) is 0 Å². The van der Waals surface area contributed by atoms with Gasteiger partial charge in [-0.25, -0.2) is 9.89 Å². The summed E-state index contributed by atoms with van der Waals surface area (Å²) in [5.41, 5.74) is 3.54. The summed E-state index contributed by atoms with van der Waals surface area (Å²) in [5, 5.41) is 6.81. The van der Waals surface area contributed by atoms with Crippen LogP contribution in [0.25, 0.3) is 16.6 Å². The zero-order valence-corrected chi connectivity index (χ0v) is 16.1. The highest BCUT2D eigenvalue weighted by molar-refractivity contribution is 6.05. The maximum Gasteiger partial charge on any atom is 0.360 e. The van der Waals surface area contributed by atoms with Gasteiger partial charge >= 0.3 is 5.97 Å². The van der Waals surface area contributed by atoms with E-state index >= 15 is 0 Å². The van der Waals surface area contributed by atoms with Crippen LogP contribution >= 0.6 is 0 Å². The molecule has 1 N–H and O–H groups in total. The lowest BCUT2D eigenvalue weighted by Crippen LogP contribution is -2.34. The normalized spacial score (nSPS) is 19.1. The van der Waals surface area contributed by atoms with E-state index < -0.39 is 5.97 Å². The number of carbonyl (C=O) groups excluding carboxylic acids is 1. The first-order chi connectivity index (χ1) is 13.0. The van der Waals surface area contributed by atoms with E-state index in [9.17, 15) is 9.59 Å². The Balaban J connectivity index is 2.14. The van der Waals surface area contributed by atoms with Gasteiger partial charge in [-0.3, -0.25) is 4.79 Å². The SMILES string of the molecule is CCOC(=O)c1n[nH]c(=O)c2c(OC)c3n(c12)[C@@H](C)CN(C)C3=C1CCC1. The minimum Gasteiger partial charge on any atom is -0.494 e. The minimum atomic E-state index is -0.550. The molecule has 3 heterocycles. The van der Waals surface area contributed by atoms with Gasteiger partial charge in [0.05, 0.1) is 24.9 Å². The second-order valence-electron chi connectivity index (χ2n) is 7.13. The summed E-state index contributed by atoms with van der Waals surface area (Å²) < 4.78 is 12.9. The van der Waals surface area contributed by atoms with Crippen molar-refractivity contribution in [1.82, 2.24) is 19.7 Å². The molecule has 4 rings (SSSR count). The average molecular weight is 372 g/mol. The number of H-pyrrole nitrogens is 1. The number of nitrogens with zero attached hydrogens (tertiary/aromatic N) is 3. The lowest BCUT2D eigenvalue weighted by atomic mass is 9.88. The summed E-state index contributed by atoms with van der Waals surface area (Å²) in [5.74, 6) is -0.0577. The van der Waals surface area contributed by atoms with E-state index in [1.165, 1.54) is 12.0 Å². The van der Waals surface area contributed by atoms with Crippen molar-refractivity contribution in [3.63, 3.8) is 0 Å². The summed E-state index contributed by atoms with van der Waals surface area (Å²) in [7, 11) is 3.62. The van der Waals surface area contributed by atoms with E-state index in [1.807, 2.05) is 4.57 Å². The molecule has 2 aliphatic rings. The van der Waals surface area contributed by atoms with E-state index in [1.54, 1.807) is 14.0 Å². The largest absolute Gasteiger partial charge is 0.494 e. The maximum absolute atomic E-state index is 12.7. The van der Waals surface area contributed by atoms with Crippen LogP contribution in [-0.4, -0.2) is 52.9 Å². The molecule has 2 aromatic rings. The van der Waals surface area contributed by atoms with Gasteiger partial charge in [-0.05, 0) is 38.7 Å². The number of likely N-dealkylation sites (N-methyl/N-ethyl adjacent to an activating group) is 1. The van der Waals surface area contributed by atoms with Crippen molar-refractivity contribution >= 4 is 22.6 Å². The zero-order chi connectivity index (χ0) is 19.3. The first-order valence-electron chi connectivity index (χ1n) is 9.30. The fourth-order valence-corrected chi connectivity index (χ4v) is 4.21. The molecule has 1 aliphatic heterocycles. The molecule has 0 unspecified atom stereocenters. The van der Waals surface area contributed by atoms with E-state index in [2.05, 4.69) is 29.1 Å². The molecule has 0 saturated heterocycles. The third kappa shape index (κ3) is 2.46. The highest BCUT2D eigenvalue weighted by Gasteiger charge is 2.37. The molecule has 0 aromatic carbocycles. The van der Waals surface area contributed by atoms with Crippen LogP contribution in [-0.2, 0) is 4.74 Å². The molecule has 0 spiro atoms. The van der Waals surface area contributed by atoms with Crippen LogP contribution < -0.4 is 10.3 Å². The standard InChI is InChI=1S/C19H24N4O4/c1-5-27-19(25)13-15-12(18(24)21-20-13)17(26-4)16-14(11-7-6-8-11)22(3)9-10(2)23(15)16/h10H,5-9H2,1-4H3,(H,21,24)/t10-/m0/s1. The summed E-state index contributed by atoms with van der Waals surface area (Å²) in [6, 6.07) is 0.0394. The fourth-order valence-electron chi connectivity index (χ4n) is 4.21. The predicted octanol–water partition coefficient (Wildman–Crippen LogP) is 2.31. The third-order valence-electron chi connectivity index (χ3n) is 5.43. The molecule has 1 aliphatic carbocycles. The van der Waals surface area contributed by atoms with Gasteiger partial charge in [0, 0.05) is 19.6 Å². The zero-order valence-electron chi connectivity index (χ0n) is 16.1. The Morgan fingerprint density at radius 2 is 2.11 bits per heavy atom. The molecular weight excluding hydrogens is 348 g/mol. The van der Waals surface area contributed by atoms with Crippen LogP contribution in [0.15, 0.2) is 10.4 Å². The second kappa shape index (κ2) is 6.44. The van der Waals surface area contributed by atoms with E-state index in [0.717, 1.165) is 30.8 Å². The number of rotatable bonds is 3. The smallest absolute Gasteiger partial charge is 0.360 e. The third-order valence-corrected chi connectivity index (χ3v) is 5.43. The molecule has 27 heavy (non-hydrogen) atoms. The highest BCUT2D eigenvalue weighted by Crippen LogP contribution is 2.46. The van der Waals surface area contributed by atoms with Crippen LogP contribution in [0.1, 0.15) is 55.3 Å². The van der Waals surface area contributed by atoms with Crippen molar-refractivity contribution in [3.05, 3.63) is 27.3 Å². The Hall–Kier alpha value is -2.77. The van der Waals surface area contributed by atoms with Gasteiger partial charge in [-0.2, -0.15) is 5.10 Å².